The van der Waals surface area contributed by atoms with Crippen LogP contribution in [0.25, 0.3) is 0 Å². The Bertz CT molecular complexity index is 696. The molecule has 0 unspecified atom stereocenters. The van der Waals surface area contributed by atoms with E-state index in [1.165, 1.54) is 13.1 Å². The van der Waals surface area contributed by atoms with Crippen molar-refractivity contribution in [2.75, 3.05) is 5.32 Å². The van der Waals surface area contributed by atoms with Gasteiger partial charge in [-0.3, -0.25) is 9.59 Å². The molecule has 0 fully saturated rings. The van der Waals surface area contributed by atoms with Gasteiger partial charge in [-0.05, 0) is 26.0 Å². The van der Waals surface area contributed by atoms with Gasteiger partial charge in [-0.2, -0.15) is 0 Å². The van der Waals surface area contributed by atoms with Crippen molar-refractivity contribution < 1.29 is 9.59 Å². The topological polar surface area (TPSA) is 72.0 Å². The summed E-state index contributed by atoms with van der Waals surface area (Å²) in [4.78, 5) is 32.0. The van der Waals surface area contributed by atoms with Gasteiger partial charge in [0.05, 0.1) is 11.3 Å². The highest BCUT2D eigenvalue weighted by molar-refractivity contribution is 6.05. The van der Waals surface area contributed by atoms with E-state index in [-0.39, 0.29) is 11.7 Å². The van der Waals surface area contributed by atoms with Crippen molar-refractivity contribution in [1.29, 1.82) is 0 Å². The lowest BCUT2D eigenvalue weighted by atomic mass is 10.1. The quantitative estimate of drug-likeness (QED) is 0.876. The molecule has 1 N–H and O–H groups in total. The maximum Gasteiger partial charge on any atom is 0.259 e. The number of aryl methyl sites for hydroxylation is 2. The van der Waals surface area contributed by atoms with Gasteiger partial charge in [0, 0.05) is 23.9 Å². The van der Waals surface area contributed by atoms with Crippen LogP contribution < -0.4 is 5.32 Å². The van der Waals surface area contributed by atoms with Crippen molar-refractivity contribution >= 4 is 17.4 Å². The molecule has 0 spiro atoms. The Kier molecular flexibility index (Phi) is 4.42. The van der Waals surface area contributed by atoms with Crippen LogP contribution in [0.2, 0.25) is 0 Å². The van der Waals surface area contributed by atoms with Crippen molar-refractivity contribution in [2.45, 2.75) is 27.2 Å². The van der Waals surface area contributed by atoms with Crippen LogP contribution in [0.1, 0.15) is 46.1 Å². The number of hydrogen-bond donors (Lipinski definition) is 1. The standard InChI is InChI=1S/C16H17N3O2/c1-4-15-17-9-14(10(2)18-15)16(21)19-13-7-5-6-12(8-13)11(3)20/h5-9H,4H2,1-3H3,(H,19,21). The number of anilines is 1. The maximum absolute atomic E-state index is 12.2. The van der Waals surface area contributed by atoms with E-state index in [1.54, 1.807) is 31.2 Å². The summed E-state index contributed by atoms with van der Waals surface area (Å²) < 4.78 is 0. The van der Waals surface area contributed by atoms with Crippen molar-refractivity contribution in [2.24, 2.45) is 0 Å². The van der Waals surface area contributed by atoms with Crippen LogP contribution in [0.5, 0.6) is 0 Å². The SMILES string of the molecule is CCc1ncc(C(=O)Nc2cccc(C(C)=O)c2)c(C)n1. The lowest BCUT2D eigenvalue weighted by Gasteiger charge is -2.08. The summed E-state index contributed by atoms with van der Waals surface area (Å²) in [6.07, 6.45) is 2.26. The highest BCUT2D eigenvalue weighted by Gasteiger charge is 2.12. The molecule has 0 bridgehead atoms. The molecule has 2 rings (SSSR count). The summed E-state index contributed by atoms with van der Waals surface area (Å²) in [6, 6.07) is 6.83. The second-order valence-electron chi connectivity index (χ2n) is 4.73. The lowest BCUT2D eigenvalue weighted by molar-refractivity contribution is 0.101. The first-order chi connectivity index (χ1) is 10.0. The number of carbonyl (C=O) groups excluding carboxylic acids is 2. The molecule has 21 heavy (non-hydrogen) atoms. The Labute approximate surface area is 123 Å². The first kappa shape index (κ1) is 14.8. The van der Waals surface area contributed by atoms with Gasteiger partial charge in [-0.1, -0.05) is 19.1 Å². The van der Waals surface area contributed by atoms with E-state index >= 15 is 0 Å². The van der Waals surface area contributed by atoms with Crippen LogP contribution in [-0.4, -0.2) is 21.7 Å². The maximum atomic E-state index is 12.2. The minimum Gasteiger partial charge on any atom is -0.322 e. The molecular formula is C16H17N3O2. The van der Waals surface area contributed by atoms with E-state index in [9.17, 15) is 9.59 Å². The summed E-state index contributed by atoms with van der Waals surface area (Å²) >= 11 is 0. The van der Waals surface area contributed by atoms with E-state index in [0.717, 1.165) is 6.42 Å². The zero-order valence-corrected chi connectivity index (χ0v) is 12.3. The molecule has 1 aromatic heterocycles. The third-order valence-electron chi connectivity index (χ3n) is 3.12. The summed E-state index contributed by atoms with van der Waals surface area (Å²) in [6.45, 7) is 5.23. The van der Waals surface area contributed by atoms with Crippen LogP contribution in [-0.2, 0) is 6.42 Å². The summed E-state index contributed by atoms with van der Waals surface area (Å²) in [7, 11) is 0. The van der Waals surface area contributed by atoms with Crippen LogP contribution >= 0.6 is 0 Å². The molecule has 1 amide bonds. The minimum atomic E-state index is -0.282. The molecule has 0 aliphatic carbocycles. The van der Waals surface area contributed by atoms with E-state index in [1.807, 2.05) is 6.92 Å². The second kappa shape index (κ2) is 6.26. The number of nitrogens with zero attached hydrogens (tertiary/aromatic N) is 2. The van der Waals surface area contributed by atoms with Crippen molar-refractivity contribution in [3.63, 3.8) is 0 Å². The van der Waals surface area contributed by atoms with Crippen molar-refractivity contribution in [3.8, 4) is 0 Å². The number of aromatic nitrogens is 2. The first-order valence-electron chi connectivity index (χ1n) is 6.76. The fourth-order valence-electron chi connectivity index (χ4n) is 1.92. The summed E-state index contributed by atoms with van der Waals surface area (Å²) in [5, 5.41) is 2.76. The smallest absolute Gasteiger partial charge is 0.259 e. The van der Waals surface area contributed by atoms with Gasteiger partial charge in [0.25, 0.3) is 5.91 Å². The van der Waals surface area contributed by atoms with Gasteiger partial charge >= 0.3 is 0 Å². The highest BCUT2D eigenvalue weighted by atomic mass is 16.1. The van der Waals surface area contributed by atoms with Gasteiger partial charge in [-0.25, -0.2) is 9.97 Å². The minimum absolute atomic E-state index is 0.0436. The summed E-state index contributed by atoms with van der Waals surface area (Å²) in [5.41, 5.74) is 2.20. The number of hydrogen-bond acceptors (Lipinski definition) is 4. The lowest BCUT2D eigenvalue weighted by Crippen LogP contribution is -2.15. The Morgan fingerprint density at radius 1 is 1.29 bits per heavy atom. The van der Waals surface area contributed by atoms with E-state index in [4.69, 9.17) is 0 Å². The molecule has 0 atom stereocenters. The molecule has 5 heteroatoms. The molecule has 2 aromatic rings. The van der Waals surface area contributed by atoms with Crippen LogP contribution in [0.3, 0.4) is 0 Å². The Hall–Kier alpha value is -2.56. The second-order valence-corrected chi connectivity index (χ2v) is 4.73. The van der Waals surface area contributed by atoms with E-state index in [0.29, 0.717) is 28.3 Å². The van der Waals surface area contributed by atoms with Crippen LogP contribution in [0, 0.1) is 6.92 Å². The van der Waals surface area contributed by atoms with Crippen molar-refractivity contribution in [3.05, 3.63) is 53.1 Å². The van der Waals surface area contributed by atoms with Gasteiger partial charge in [-0.15, -0.1) is 0 Å². The Morgan fingerprint density at radius 3 is 2.67 bits per heavy atom. The molecular weight excluding hydrogens is 266 g/mol. The van der Waals surface area contributed by atoms with E-state index in [2.05, 4.69) is 15.3 Å². The number of ketones is 1. The van der Waals surface area contributed by atoms with Gasteiger partial charge < -0.3 is 5.32 Å². The molecule has 0 aliphatic rings. The normalized spacial score (nSPS) is 10.2. The van der Waals surface area contributed by atoms with Gasteiger partial charge in [0.1, 0.15) is 5.82 Å². The molecule has 0 aliphatic heterocycles. The van der Waals surface area contributed by atoms with Gasteiger partial charge in [0.2, 0.25) is 0 Å². The zero-order valence-electron chi connectivity index (χ0n) is 12.3. The Morgan fingerprint density at radius 2 is 2.05 bits per heavy atom. The highest BCUT2D eigenvalue weighted by Crippen LogP contribution is 2.14. The fraction of sp³-hybridized carbons (Fsp3) is 0.250. The molecule has 0 saturated heterocycles. The molecule has 0 radical (unpaired) electrons. The van der Waals surface area contributed by atoms with E-state index < -0.39 is 0 Å². The molecule has 0 saturated carbocycles. The number of benzene rings is 1. The average molecular weight is 283 g/mol. The summed E-state index contributed by atoms with van der Waals surface area (Å²) in [5.74, 6) is 0.386. The molecule has 108 valence electrons. The van der Waals surface area contributed by atoms with Crippen molar-refractivity contribution in [1.82, 2.24) is 9.97 Å². The number of carbonyl (C=O) groups is 2. The average Bonchev–Trinajstić information content (AvgIpc) is 2.47. The van der Waals surface area contributed by atoms with Crippen LogP contribution in [0.15, 0.2) is 30.5 Å². The zero-order chi connectivity index (χ0) is 15.4. The molecule has 1 aromatic carbocycles. The monoisotopic (exact) mass is 283 g/mol. The third kappa shape index (κ3) is 3.51. The Balaban J connectivity index is 2.22. The molecule has 1 heterocycles. The first-order valence-corrected chi connectivity index (χ1v) is 6.76. The number of nitrogens with one attached hydrogen (secondary N) is 1. The fourth-order valence-corrected chi connectivity index (χ4v) is 1.92. The van der Waals surface area contributed by atoms with Gasteiger partial charge in [0.15, 0.2) is 5.78 Å². The number of rotatable bonds is 4. The largest absolute Gasteiger partial charge is 0.322 e. The predicted molar refractivity (Wildman–Crippen MR) is 80.5 cm³/mol. The number of Topliss-reactive ketones (excluding diaryl/α,β-unsaturated/α-hetero) is 1. The number of amides is 1. The third-order valence-corrected chi connectivity index (χ3v) is 3.12. The van der Waals surface area contributed by atoms with Crippen LogP contribution in [0.4, 0.5) is 5.69 Å². The molecule has 5 nitrogen and oxygen atoms in total. The predicted octanol–water partition coefficient (Wildman–Crippen LogP) is 2.80.